The zero-order valence-corrected chi connectivity index (χ0v) is 13.1. The molecule has 0 aromatic heterocycles. The van der Waals surface area contributed by atoms with Crippen LogP contribution in [0, 0.1) is 17.3 Å². The number of aliphatic hydroxyl groups excluding tert-OH is 2. The predicted octanol–water partition coefficient (Wildman–Crippen LogP) is 3.19. The van der Waals surface area contributed by atoms with Crippen molar-refractivity contribution in [2.24, 2.45) is 17.3 Å². The number of hydrogen-bond acceptors (Lipinski definition) is 3. The van der Waals surface area contributed by atoms with Gasteiger partial charge < -0.3 is 14.9 Å². The molecule has 0 bridgehead atoms. The van der Waals surface area contributed by atoms with Crippen LogP contribution in [0.2, 0.25) is 0 Å². The molecule has 3 heteroatoms. The Morgan fingerprint density at radius 1 is 1.00 bits per heavy atom. The van der Waals surface area contributed by atoms with Gasteiger partial charge in [-0.1, -0.05) is 41.5 Å². The lowest BCUT2D eigenvalue weighted by molar-refractivity contribution is -0.157. The summed E-state index contributed by atoms with van der Waals surface area (Å²) in [6.45, 7) is 14.2. The fraction of sp³-hybridized carbons (Fsp3) is 1.00. The third-order valence-electron chi connectivity index (χ3n) is 3.36. The Morgan fingerprint density at radius 3 is 1.83 bits per heavy atom. The van der Waals surface area contributed by atoms with Crippen molar-refractivity contribution in [3.05, 3.63) is 0 Å². The van der Waals surface area contributed by atoms with Crippen LogP contribution in [0.3, 0.4) is 0 Å². The third-order valence-corrected chi connectivity index (χ3v) is 3.36. The molecule has 0 amide bonds. The number of aliphatic hydroxyl groups is 2. The van der Waals surface area contributed by atoms with Gasteiger partial charge in [0.25, 0.3) is 0 Å². The van der Waals surface area contributed by atoms with Gasteiger partial charge in [-0.15, -0.1) is 0 Å². The van der Waals surface area contributed by atoms with Crippen molar-refractivity contribution in [1.82, 2.24) is 0 Å². The SMILES string of the molecule is CC(O)O[C@@H](CCC(C)(C)C)C(C)C(O)C(C)C. The van der Waals surface area contributed by atoms with Gasteiger partial charge in [0.05, 0.1) is 12.2 Å². The monoisotopic (exact) mass is 260 g/mol. The highest BCUT2D eigenvalue weighted by Gasteiger charge is 2.29. The van der Waals surface area contributed by atoms with Crippen molar-refractivity contribution in [1.29, 1.82) is 0 Å². The average Bonchev–Trinajstić information content (AvgIpc) is 2.20. The molecule has 0 heterocycles. The van der Waals surface area contributed by atoms with Gasteiger partial charge in [-0.25, -0.2) is 0 Å². The lowest BCUT2D eigenvalue weighted by atomic mass is 9.83. The predicted molar refractivity (Wildman–Crippen MR) is 75.3 cm³/mol. The minimum Gasteiger partial charge on any atom is -0.392 e. The van der Waals surface area contributed by atoms with Gasteiger partial charge in [0.15, 0.2) is 6.29 Å². The van der Waals surface area contributed by atoms with Crippen molar-refractivity contribution in [2.45, 2.75) is 79.8 Å². The highest BCUT2D eigenvalue weighted by atomic mass is 16.6. The van der Waals surface area contributed by atoms with Crippen LogP contribution in [0.25, 0.3) is 0 Å². The fourth-order valence-electron chi connectivity index (χ4n) is 2.11. The van der Waals surface area contributed by atoms with Gasteiger partial charge in [-0.05, 0) is 31.1 Å². The molecule has 0 saturated heterocycles. The molecule has 110 valence electrons. The van der Waals surface area contributed by atoms with E-state index < -0.39 is 12.4 Å². The van der Waals surface area contributed by atoms with Crippen LogP contribution in [-0.4, -0.2) is 28.7 Å². The van der Waals surface area contributed by atoms with Crippen LogP contribution in [0.15, 0.2) is 0 Å². The molecule has 0 aromatic carbocycles. The molecule has 3 nitrogen and oxygen atoms in total. The van der Waals surface area contributed by atoms with Crippen LogP contribution in [0.1, 0.15) is 61.3 Å². The molecule has 0 saturated carbocycles. The van der Waals surface area contributed by atoms with E-state index in [1.165, 1.54) is 0 Å². The average molecular weight is 260 g/mol. The van der Waals surface area contributed by atoms with Crippen LogP contribution in [0.5, 0.6) is 0 Å². The molecular formula is C15H32O3. The standard InChI is InChI=1S/C15H32O3/c1-10(2)14(17)11(3)13(18-12(4)16)8-9-15(5,6)7/h10-14,16-17H,8-9H2,1-7H3/t11?,12?,13-,14?/m0/s1. The quantitative estimate of drug-likeness (QED) is 0.691. The highest BCUT2D eigenvalue weighted by Crippen LogP contribution is 2.28. The van der Waals surface area contributed by atoms with Gasteiger partial charge in [0.1, 0.15) is 0 Å². The van der Waals surface area contributed by atoms with Gasteiger partial charge >= 0.3 is 0 Å². The number of rotatable bonds is 7. The van der Waals surface area contributed by atoms with E-state index in [9.17, 15) is 10.2 Å². The Hall–Kier alpha value is -0.120. The number of ether oxygens (including phenoxy) is 1. The second-order valence-corrected chi connectivity index (χ2v) is 6.97. The Bertz CT molecular complexity index is 218. The van der Waals surface area contributed by atoms with Crippen LogP contribution >= 0.6 is 0 Å². The first-order valence-corrected chi connectivity index (χ1v) is 7.06. The van der Waals surface area contributed by atoms with E-state index in [0.29, 0.717) is 0 Å². The van der Waals surface area contributed by atoms with Crippen molar-refractivity contribution >= 4 is 0 Å². The van der Waals surface area contributed by atoms with Crippen molar-refractivity contribution < 1.29 is 14.9 Å². The second-order valence-electron chi connectivity index (χ2n) is 6.97. The highest BCUT2D eigenvalue weighted by molar-refractivity contribution is 4.78. The molecule has 0 fully saturated rings. The van der Waals surface area contributed by atoms with E-state index in [0.717, 1.165) is 12.8 Å². The molecule has 0 aliphatic heterocycles. The molecule has 0 spiro atoms. The zero-order valence-electron chi connectivity index (χ0n) is 13.1. The molecule has 18 heavy (non-hydrogen) atoms. The first kappa shape index (κ1) is 17.9. The third kappa shape index (κ3) is 7.34. The number of hydrogen-bond donors (Lipinski definition) is 2. The summed E-state index contributed by atoms with van der Waals surface area (Å²) in [5, 5.41) is 19.6. The summed E-state index contributed by atoms with van der Waals surface area (Å²) in [6, 6.07) is 0. The fourth-order valence-corrected chi connectivity index (χ4v) is 2.11. The summed E-state index contributed by atoms with van der Waals surface area (Å²) >= 11 is 0. The second kappa shape index (κ2) is 7.46. The van der Waals surface area contributed by atoms with Gasteiger partial charge in [-0.2, -0.15) is 0 Å². The van der Waals surface area contributed by atoms with Crippen molar-refractivity contribution in [2.75, 3.05) is 0 Å². The molecule has 0 aromatic rings. The summed E-state index contributed by atoms with van der Waals surface area (Å²) in [5.41, 5.74) is 0.239. The van der Waals surface area contributed by atoms with Crippen molar-refractivity contribution in [3.63, 3.8) is 0 Å². The smallest absolute Gasteiger partial charge is 0.152 e. The van der Waals surface area contributed by atoms with E-state index in [2.05, 4.69) is 20.8 Å². The Labute approximate surface area is 113 Å². The summed E-state index contributed by atoms with van der Waals surface area (Å²) in [7, 11) is 0. The molecule has 4 atom stereocenters. The summed E-state index contributed by atoms with van der Waals surface area (Å²) in [5.74, 6) is 0.233. The Morgan fingerprint density at radius 2 is 1.50 bits per heavy atom. The first-order valence-electron chi connectivity index (χ1n) is 7.06. The minimum absolute atomic E-state index is 0.0296. The molecule has 2 N–H and O–H groups in total. The van der Waals surface area contributed by atoms with Crippen molar-refractivity contribution in [3.8, 4) is 0 Å². The molecule has 0 radical (unpaired) electrons. The lowest BCUT2D eigenvalue weighted by Crippen LogP contribution is -2.37. The molecule has 0 aliphatic rings. The normalized spacial score (nSPS) is 19.7. The summed E-state index contributed by atoms with van der Waals surface area (Å²) in [6.07, 6.45) is 0.603. The van der Waals surface area contributed by atoms with E-state index in [-0.39, 0.29) is 23.4 Å². The summed E-state index contributed by atoms with van der Waals surface area (Å²) < 4.78 is 5.57. The maximum absolute atomic E-state index is 10.1. The maximum atomic E-state index is 10.1. The van der Waals surface area contributed by atoms with Crippen LogP contribution in [0.4, 0.5) is 0 Å². The van der Waals surface area contributed by atoms with Gasteiger partial charge in [0.2, 0.25) is 0 Å². The topological polar surface area (TPSA) is 49.7 Å². The lowest BCUT2D eigenvalue weighted by Gasteiger charge is -2.32. The minimum atomic E-state index is -0.781. The van der Waals surface area contributed by atoms with Gasteiger partial charge in [0, 0.05) is 5.92 Å². The molecule has 3 unspecified atom stereocenters. The Balaban J connectivity index is 4.56. The molecule has 0 rings (SSSR count). The van der Waals surface area contributed by atoms with Crippen LogP contribution < -0.4 is 0 Å². The molecular weight excluding hydrogens is 228 g/mol. The van der Waals surface area contributed by atoms with Gasteiger partial charge in [-0.3, -0.25) is 0 Å². The van der Waals surface area contributed by atoms with E-state index in [1.807, 2.05) is 20.8 Å². The molecule has 0 aliphatic carbocycles. The van der Waals surface area contributed by atoms with E-state index in [4.69, 9.17) is 4.74 Å². The summed E-state index contributed by atoms with van der Waals surface area (Å²) in [4.78, 5) is 0. The first-order chi connectivity index (χ1) is 8.04. The van der Waals surface area contributed by atoms with E-state index in [1.54, 1.807) is 6.92 Å². The van der Waals surface area contributed by atoms with E-state index >= 15 is 0 Å². The Kier molecular flexibility index (Phi) is 7.41. The largest absolute Gasteiger partial charge is 0.392 e. The maximum Gasteiger partial charge on any atom is 0.152 e. The van der Waals surface area contributed by atoms with Crippen LogP contribution in [-0.2, 0) is 4.74 Å². The zero-order chi connectivity index (χ0) is 14.5.